The van der Waals surface area contributed by atoms with Gasteiger partial charge < -0.3 is 4.42 Å². The Bertz CT molecular complexity index is 1390. The van der Waals surface area contributed by atoms with Crippen LogP contribution in [0.3, 0.4) is 0 Å². The maximum Gasteiger partial charge on any atom is 0.416 e. The van der Waals surface area contributed by atoms with Crippen LogP contribution in [-0.4, -0.2) is 20.0 Å². The van der Waals surface area contributed by atoms with Gasteiger partial charge in [-0.05, 0) is 86.6 Å². The smallest absolute Gasteiger partial charge is 0.416 e. The molecular formula is C28H25F3N4O. The molecule has 0 amide bonds. The van der Waals surface area contributed by atoms with Crippen LogP contribution >= 0.6 is 0 Å². The molecule has 8 rings (SSSR count). The second-order valence-corrected chi connectivity index (χ2v) is 10.9. The van der Waals surface area contributed by atoms with Gasteiger partial charge in [-0.2, -0.15) is 18.3 Å². The molecule has 4 bridgehead atoms. The van der Waals surface area contributed by atoms with E-state index in [4.69, 9.17) is 9.52 Å². The Hall–Kier alpha value is -3.42. The van der Waals surface area contributed by atoms with E-state index >= 15 is 0 Å². The molecule has 5 nitrogen and oxygen atoms in total. The van der Waals surface area contributed by atoms with Crippen molar-refractivity contribution in [1.29, 1.82) is 0 Å². The highest BCUT2D eigenvalue weighted by Gasteiger charge is 2.54. The first kappa shape index (κ1) is 21.8. The van der Waals surface area contributed by atoms with Crippen molar-refractivity contribution in [3.8, 4) is 28.6 Å². The molecule has 184 valence electrons. The normalized spacial score (nSPS) is 27.0. The van der Waals surface area contributed by atoms with Crippen LogP contribution < -0.4 is 0 Å². The van der Waals surface area contributed by atoms with Gasteiger partial charge in [-0.1, -0.05) is 24.3 Å². The maximum absolute atomic E-state index is 13.3. The summed E-state index contributed by atoms with van der Waals surface area (Å²) in [7, 11) is 0. The van der Waals surface area contributed by atoms with E-state index in [0.717, 1.165) is 66.1 Å². The van der Waals surface area contributed by atoms with Gasteiger partial charge in [-0.25, -0.2) is 4.68 Å². The van der Waals surface area contributed by atoms with Crippen LogP contribution in [0.2, 0.25) is 0 Å². The standard InChI is InChI=1S/C28H25F3N4O/c29-28(30,31)21-6-4-5-20(12-21)25-32-33-26(36-25)23-16-35(22-7-2-1-3-8-22)34-24(23)27-13-17-9-18(14-27)11-19(10-17)15-27/h1-8,12,16-19H,9-11,13-15H2. The minimum absolute atomic E-state index is 0.0189. The summed E-state index contributed by atoms with van der Waals surface area (Å²) in [6.45, 7) is 0. The molecule has 0 aliphatic heterocycles. The van der Waals surface area contributed by atoms with E-state index in [9.17, 15) is 13.2 Å². The Morgan fingerprint density at radius 2 is 1.50 bits per heavy atom. The third-order valence-electron chi connectivity index (χ3n) is 8.37. The number of halogens is 3. The zero-order chi connectivity index (χ0) is 24.5. The molecule has 8 heteroatoms. The lowest BCUT2D eigenvalue weighted by molar-refractivity contribution is -0.137. The van der Waals surface area contributed by atoms with Crippen molar-refractivity contribution in [2.75, 3.05) is 0 Å². The second-order valence-electron chi connectivity index (χ2n) is 10.9. The summed E-state index contributed by atoms with van der Waals surface area (Å²) in [5.41, 5.74) is 2.19. The molecule has 4 aromatic rings. The van der Waals surface area contributed by atoms with Crippen molar-refractivity contribution in [1.82, 2.24) is 20.0 Å². The van der Waals surface area contributed by atoms with Gasteiger partial charge >= 0.3 is 6.18 Å². The van der Waals surface area contributed by atoms with Crippen molar-refractivity contribution in [3.63, 3.8) is 0 Å². The molecule has 2 aromatic carbocycles. The van der Waals surface area contributed by atoms with Gasteiger partial charge in [0.1, 0.15) is 0 Å². The summed E-state index contributed by atoms with van der Waals surface area (Å²) in [5, 5.41) is 13.5. The maximum atomic E-state index is 13.3. The lowest BCUT2D eigenvalue weighted by atomic mass is 9.48. The highest BCUT2D eigenvalue weighted by Crippen LogP contribution is 2.61. The summed E-state index contributed by atoms with van der Waals surface area (Å²) in [4.78, 5) is 0. The third-order valence-corrected chi connectivity index (χ3v) is 8.37. The Kier molecular flexibility index (Phi) is 4.72. The largest absolute Gasteiger partial charge is 0.416 e. The molecule has 2 heterocycles. The van der Waals surface area contributed by atoms with E-state index in [1.807, 2.05) is 41.2 Å². The van der Waals surface area contributed by atoms with Crippen LogP contribution in [0.1, 0.15) is 49.8 Å². The molecule has 0 radical (unpaired) electrons. The molecule has 0 unspecified atom stereocenters. The summed E-state index contributed by atoms with van der Waals surface area (Å²) < 4.78 is 47.7. The van der Waals surface area contributed by atoms with Crippen molar-refractivity contribution in [2.45, 2.75) is 50.1 Å². The molecule has 0 N–H and O–H groups in total. The first-order valence-corrected chi connectivity index (χ1v) is 12.5. The zero-order valence-electron chi connectivity index (χ0n) is 19.6. The van der Waals surface area contributed by atoms with Crippen molar-refractivity contribution >= 4 is 0 Å². The quantitative estimate of drug-likeness (QED) is 0.307. The predicted molar refractivity (Wildman–Crippen MR) is 127 cm³/mol. The highest BCUT2D eigenvalue weighted by molar-refractivity contribution is 5.62. The van der Waals surface area contributed by atoms with E-state index in [1.54, 1.807) is 6.07 Å². The van der Waals surface area contributed by atoms with Crippen LogP contribution in [0.25, 0.3) is 28.6 Å². The minimum atomic E-state index is -4.44. The summed E-state index contributed by atoms with van der Waals surface area (Å²) in [5.74, 6) is 2.56. The van der Waals surface area contributed by atoms with Gasteiger partial charge in [0, 0.05) is 17.2 Å². The van der Waals surface area contributed by atoms with Crippen LogP contribution in [0.15, 0.2) is 65.2 Å². The lowest BCUT2D eigenvalue weighted by Gasteiger charge is -2.56. The molecule has 0 atom stereocenters. The molecule has 0 spiro atoms. The number of aromatic nitrogens is 4. The second kappa shape index (κ2) is 7.79. The number of hydrogen-bond donors (Lipinski definition) is 0. The average Bonchev–Trinajstić information content (AvgIpc) is 3.52. The Morgan fingerprint density at radius 3 is 2.17 bits per heavy atom. The van der Waals surface area contributed by atoms with Gasteiger partial charge in [0.25, 0.3) is 5.89 Å². The fraction of sp³-hybridized carbons (Fsp3) is 0.393. The molecule has 2 aromatic heterocycles. The summed E-state index contributed by atoms with van der Waals surface area (Å²) in [6, 6.07) is 14.9. The molecule has 4 aliphatic carbocycles. The van der Waals surface area contributed by atoms with Gasteiger partial charge in [-0.15, -0.1) is 10.2 Å². The number of para-hydroxylation sites is 1. The fourth-order valence-corrected chi connectivity index (χ4v) is 7.31. The first-order valence-electron chi connectivity index (χ1n) is 12.5. The van der Waals surface area contributed by atoms with Crippen LogP contribution in [0, 0.1) is 17.8 Å². The monoisotopic (exact) mass is 490 g/mol. The molecule has 4 aliphatic rings. The van der Waals surface area contributed by atoms with E-state index in [0.29, 0.717) is 5.89 Å². The predicted octanol–water partition coefficient (Wildman–Crippen LogP) is 7.08. The molecule has 36 heavy (non-hydrogen) atoms. The summed E-state index contributed by atoms with van der Waals surface area (Å²) >= 11 is 0. The third kappa shape index (κ3) is 3.57. The Balaban J connectivity index is 1.33. The van der Waals surface area contributed by atoms with E-state index in [2.05, 4.69) is 10.2 Å². The Labute approximate surface area is 206 Å². The number of nitrogens with zero attached hydrogens (tertiary/aromatic N) is 4. The van der Waals surface area contributed by atoms with E-state index < -0.39 is 11.7 Å². The van der Waals surface area contributed by atoms with Crippen LogP contribution in [0.5, 0.6) is 0 Å². The lowest BCUT2D eigenvalue weighted by Crippen LogP contribution is -2.49. The van der Waals surface area contributed by atoms with E-state index in [-0.39, 0.29) is 16.9 Å². The molecular weight excluding hydrogens is 465 g/mol. The van der Waals surface area contributed by atoms with Gasteiger partial charge in [0.15, 0.2) is 0 Å². The minimum Gasteiger partial charge on any atom is -0.416 e. The Morgan fingerprint density at radius 1 is 0.833 bits per heavy atom. The van der Waals surface area contributed by atoms with Gasteiger partial charge in [0.05, 0.1) is 22.5 Å². The SMILES string of the molecule is FC(F)(F)c1cccc(-c2nnc(-c3cn(-c4ccccc4)nc3C34CC5CC(CC(C5)C3)C4)o2)c1. The number of hydrogen-bond acceptors (Lipinski definition) is 4. The van der Waals surface area contributed by atoms with E-state index in [1.165, 1.54) is 25.3 Å². The fourth-order valence-electron chi connectivity index (χ4n) is 7.31. The van der Waals surface area contributed by atoms with Crippen molar-refractivity contribution in [2.24, 2.45) is 17.8 Å². The molecule has 4 fully saturated rings. The first-order chi connectivity index (χ1) is 17.4. The van der Waals surface area contributed by atoms with Crippen LogP contribution in [0.4, 0.5) is 13.2 Å². The van der Waals surface area contributed by atoms with Crippen LogP contribution in [-0.2, 0) is 11.6 Å². The van der Waals surface area contributed by atoms with Crippen molar-refractivity contribution in [3.05, 3.63) is 72.1 Å². The zero-order valence-corrected chi connectivity index (χ0v) is 19.6. The number of benzene rings is 2. The topological polar surface area (TPSA) is 56.7 Å². The van der Waals surface area contributed by atoms with Gasteiger partial charge in [0.2, 0.25) is 5.89 Å². The number of alkyl halides is 3. The highest BCUT2D eigenvalue weighted by atomic mass is 19.4. The average molecular weight is 491 g/mol. The summed E-state index contributed by atoms with van der Waals surface area (Å²) in [6.07, 6.45) is 4.79. The number of rotatable bonds is 4. The van der Waals surface area contributed by atoms with Gasteiger partial charge in [-0.3, -0.25) is 0 Å². The molecule has 4 saturated carbocycles. The van der Waals surface area contributed by atoms with Crippen molar-refractivity contribution < 1.29 is 17.6 Å². The molecule has 0 saturated heterocycles.